The second-order valence-corrected chi connectivity index (χ2v) is 0.983. The molecule has 0 radical (unpaired) electrons. The molecule has 4 nitrogen and oxygen atoms in total. The van der Waals surface area contributed by atoms with Crippen LogP contribution in [0.1, 0.15) is 13.8 Å². The molecule has 6 heteroatoms. The smallest absolute Gasteiger partial charge is 2.00 e. The van der Waals surface area contributed by atoms with Gasteiger partial charge in [0, 0.05) is 11.9 Å². The van der Waals surface area contributed by atoms with Crippen LogP contribution in [0.25, 0.3) is 0 Å². The van der Waals surface area contributed by atoms with Crippen LogP contribution in [0.15, 0.2) is 0 Å². The second-order valence-electron chi connectivity index (χ2n) is 0.983. The van der Waals surface area contributed by atoms with E-state index in [2.05, 4.69) is 0 Å². The zero-order chi connectivity index (χ0) is 7.15. The van der Waals surface area contributed by atoms with Crippen LogP contribution in [0.4, 0.5) is 0 Å². The summed E-state index contributed by atoms with van der Waals surface area (Å²) in [7, 11) is 0. The van der Waals surface area contributed by atoms with Gasteiger partial charge in [-0.3, -0.25) is 0 Å². The molecule has 0 aromatic carbocycles. The Balaban J connectivity index is -0.0000000300. The van der Waals surface area contributed by atoms with Gasteiger partial charge >= 0.3 is 68.4 Å². The number of hydrogen-bond donors (Lipinski definition) is 0. The van der Waals surface area contributed by atoms with Crippen molar-refractivity contribution in [1.29, 1.82) is 0 Å². The molecule has 0 aliphatic carbocycles. The largest absolute Gasteiger partial charge is 2.00 e. The van der Waals surface area contributed by atoms with Crippen molar-refractivity contribution in [2.45, 2.75) is 13.8 Å². The Morgan fingerprint density at radius 1 is 1.00 bits per heavy atom. The second kappa shape index (κ2) is 16.6. The van der Waals surface area contributed by atoms with Crippen LogP contribution in [0, 0.1) is 0 Å². The molecule has 0 aromatic rings. The number of aliphatic carboxylic acids is 2. The van der Waals surface area contributed by atoms with Crippen molar-refractivity contribution >= 4 is 60.8 Å². The molecule has 0 amide bonds. The third-order valence-corrected chi connectivity index (χ3v) is 0. The Kier molecular flexibility index (Phi) is 37.3. The minimum atomic E-state index is -1.08. The predicted octanol–water partition coefficient (Wildman–Crippen LogP) is -3.41. The van der Waals surface area contributed by atoms with Gasteiger partial charge in [-0.15, -0.1) is 0 Å². The molecule has 10 heavy (non-hydrogen) atoms. The zero-order valence-corrected chi connectivity index (χ0v) is 8.31. The maximum absolute atomic E-state index is 8.89. The number of carbonyl (C=O) groups is 2. The van der Waals surface area contributed by atoms with Crippen molar-refractivity contribution in [2.24, 2.45) is 0 Å². The van der Waals surface area contributed by atoms with Crippen LogP contribution in [0.2, 0.25) is 0 Å². The van der Waals surface area contributed by atoms with Crippen molar-refractivity contribution in [3.63, 3.8) is 0 Å². The molecule has 0 aliphatic rings. The van der Waals surface area contributed by atoms with Crippen LogP contribution in [-0.4, -0.2) is 60.8 Å². The number of carboxylic acid groups (broad SMARTS) is 2. The SMILES string of the molecule is CC(=O)[O-].CC(=O)[O-].[BaH2].[Zn+2]. The zero-order valence-electron chi connectivity index (χ0n) is 5.34. The van der Waals surface area contributed by atoms with E-state index >= 15 is 0 Å². The minimum absolute atomic E-state index is 0. The third-order valence-electron chi connectivity index (χ3n) is 0. The first-order valence-electron chi connectivity index (χ1n) is 1.82. The molecule has 52 valence electrons. The van der Waals surface area contributed by atoms with Crippen molar-refractivity contribution in [3.8, 4) is 0 Å². The van der Waals surface area contributed by atoms with Crippen molar-refractivity contribution in [3.05, 3.63) is 0 Å². The van der Waals surface area contributed by atoms with Gasteiger partial charge in [-0.2, -0.15) is 0 Å². The fourth-order valence-corrected chi connectivity index (χ4v) is 0. The monoisotopic (exact) mass is 322 g/mol. The summed E-state index contributed by atoms with van der Waals surface area (Å²) in [5.41, 5.74) is 0. The normalized spacial score (nSPS) is 5.00. The molecule has 0 N–H and O–H groups in total. The minimum Gasteiger partial charge on any atom is 2.00 e. The van der Waals surface area contributed by atoms with Gasteiger partial charge in [0.2, 0.25) is 0 Å². The molecule has 0 fully saturated rings. The van der Waals surface area contributed by atoms with Crippen LogP contribution in [0.3, 0.4) is 0 Å². The number of rotatable bonds is 0. The summed E-state index contributed by atoms with van der Waals surface area (Å²) in [6.07, 6.45) is 0. The summed E-state index contributed by atoms with van der Waals surface area (Å²) in [4.78, 5) is 17.8. The van der Waals surface area contributed by atoms with Crippen LogP contribution < -0.4 is 10.2 Å². The van der Waals surface area contributed by atoms with Gasteiger partial charge < -0.3 is 19.8 Å². The summed E-state index contributed by atoms with van der Waals surface area (Å²) in [5, 5.41) is 17.8. The van der Waals surface area contributed by atoms with E-state index < -0.39 is 11.9 Å². The number of carboxylic acids is 2. The van der Waals surface area contributed by atoms with Crippen LogP contribution in [0.5, 0.6) is 0 Å². The Morgan fingerprint density at radius 2 is 1.00 bits per heavy atom. The standard InChI is InChI=1S/2C2H4O2.Ba.Zn.2H/c2*1-2(3)4;;;;/h2*1H3,(H,3,4);;;;/q;;;+2;;/p-2. The maximum Gasteiger partial charge on any atom is 2.00 e. The first-order valence-corrected chi connectivity index (χ1v) is 1.82. The Bertz CT molecular complexity index is 75.3. The average Bonchev–Trinajstić information content (AvgIpc) is 1.25. The number of hydrogen-bond acceptors (Lipinski definition) is 4. The molecule has 0 bridgehead atoms. The van der Waals surface area contributed by atoms with Gasteiger partial charge in [0.25, 0.3) is 0 Å². The molecule has 0 rings (SSSR count). The maximum atomic E-state index is 8.89. The molecule has 0 saturated carbocycles. The Labute approximate surface area is 112 Å². The van der Waals surface area contributed by atoms with E-state index in [1.165, 1.54) is 0 Å². The Morgan fingerprint density at radius 3 is 1.00 bits per heavy atom. The fraction of sp³-hybridized carbons (Fsp3) is 0.500. The van der Waals surface area contributed by atoms with Gasteiger partial charge in [-0.25, -0.2) is 0 Å². The van der Waals surface area contributed by atoms with E-state index in [1.54, 1.807) is 0 Å². The molecule has 0 heterocycles. The van der Waals surface area contributed by atoms with Gasteiger partial charge in [0.05, 0.1) is 0 Å². The molecule has 0 aliphatic heterocycles. The van der Waals surface area contributed by atoms with E-state index in [0.717, 1.165) is 13.8 Å². The molecule has 0 spiro atoms. The van der Waals surface area contributed by atoms with Crippen LogP contribution in [-0.2, 0) is 29.1 Å². The quantitative estimate of drug-likeness (QED) is 0.435. The van der Waals surface area contributed by atoms with Gasteiger partial charge in [-0.1, -0.05) is 0 Å². The summed E-state index contributed by atoms with van der Waals surface area (Å²) >= 11 is 0. The van der Waals surface area contributed by atoms with Crippen LogP contribution >= 0.6 is 0 Å². The first kappa shape index (κ1) is 22.5. The van der Waals surface area contributed by atoms with E-state index in [4.69, 9.17) is 19.8 Å². The van der Waals surface area contributed by atoms with Gasteiger partial charge in [-0.05, 0) is 13.8 Å². The van der Waals surface area contributed by atoms with E-state index in [-0.39, 0.29) is 68.4 Å². The van der Waals surface area contributed by atoms with Crippen molar-refractivity contribution in [2.75, 3.05) is 0 Å². The number of carbonyl (C=O) groups excluding carboxylic acids is 2. The molecule has 0 unspecified atom stereocenters. The summed E-state index contributed by atoms with van der Waals surface area (Å²) in [5.74, 6) is -2.17. The summed E-state index contributed by atoms with van der Waals surface area (Å²) in [6.45, 7) is 1.94. The molecule has 0 atom stereocenters. The third kappa shape index (κ3) is 469. The van der Waals surface area contributed by atoms with E-state index in [0.29, 0.717) is 0 Å². The van der Waals surface area contributed by atoms with Crippen molar-refractivity contribution < 1.29 is 39.3 Å². The van der Waals surface area contributed by atoms with E-state index in [9.17, 15) is 0 Å². The van der Waals surface area contributed by atoms with Crippen molar-refractivity contribution in [1.82, 2.24) is 0 Å². The molecular formula is C4H8BaO4Zn. The predicted molar refractivity (Wildman–Crippen MR) is 29.9 cm³/mol. The first-order chi connectivity index (χ1) is 3.46. The molecule has 0 aromatic heterocycles. The van der Waals surface area contributed by atoms with Gasteiger partial charge in [0.1, 0.15) is 0 Å². The van der Waals surface area contributed by atoms with Gasteiger partial charge in [0.15, 0.2) is 0 Å². The summed E-state index contributed by atoms with van der Waals surface area (Å²) < 4.78 is 0. The average molecular weight is 323 g/mol. The topological polar surface area (TPSA) is 80.3 Å². The summed E-state index contributed by atoms with van der Waals surface area (Å²) in [6, 6.07) is 0. The fourth-order valence-electron chi connectivity index (χ4n) is 0. The Hall–Kier alpha value is 1.13. The molecular weight excluding hydrogens is 315 g/mol. The molecule has 0 saturated heterocycles. The van der Waals surface area contributed by atoms with E-state index in [1.807, 2.05) is 0 Å².